The van der Waals surface area contributed by atoms with Crippen molar-refractivity contribution in [3.63, 3.8) is 0 Å². The van der Waals surface area contributed by atoms with Crippen LogP contribution >= 0.6 is 15.9 Å². The van der Waals surface area contributed by atoms with Crippen LogP contribution in [0.1, 0.15) is 5.56 Å². The second-order valence-corrected chi connectivity index (χ2v) is 9.26. The zero-order valence-corrected chi connectivity index (χ0v) is 17.6. The molecule has 0 aromatic heterocycles. The van der Waals surface area contributed by atoms with Gasteiger partial charge in [-0.3, -0.25) is 10.1 Å². The van der Waals surface area contributed by atoms with Crippen LogP contribution in [0.4, 0.5) is 11.4 Å². The molecule has 150 valence electrons. The smallest absolute Gasteiger partial charge is 0.293 e. The first-order valence-electron chi connectivity index (χ1n) is 8.61. The Balaban J connectivity index is 1.90. The van der Waals surface area contributed by atoms with E-state index in [-0.39, 0.29) is 23.7 Å². The second kappa shape index (κ2) is 8.56. The van der Waals surface area contributed by atoms with Crippen LogP contribution in [0.15, 0.2) is 51.8 Å². The molecule has 0 atom stereocenters. The van der Waals surface area contributed by atoms with E-state index in [1.807, 2.05) is 24.3 Å². The molecule has 1 saturated heterocycles. The monoisotopic (exact) mass is 469 g/mol. The van der Waals surface area contributed by atoms with E-state index in [2.05, 4.69) is 15.9 Å². The van der Waals surface area contributed by atoms with Crippen LogP contribution in [0.25, 0.3) is 0 Å². The number of ether oxygens (including phenoxy) is 1. The van der Waals surface area contributed by atoms with Crippen LogP contribution in [0.2, 0.25) is 0 Å². The minimum Gasteiger partial charge on any atom is -0.379 e. The van der Waals surface area contributed by atoms with Gasteiger partial charge in [0, 0.05) is 37.2 Å². The highest BCUT2D eigenvalue weighted by Crippen LogP contribution is 2.32. The molecule has 2 aromatic rings. The summed E-state index contributed by atoms with van der Waals surface area (Å²) in [5, 5.41) is 11.6. The third kappa shape index (κ3) is 4.52. The van der Waals surface area contributed by atoms with Crippen molar-refractivity contribution in [2.24, 2.45) is 0 Å². The molecule has 0 aliphatic carbocycles. The summed E-state index contributed by atoms with van der Waals surface area (Å²) in [6, 6.07) is 11.7. The molecule has 0 unspecified atom stereocenters. The summed E-state index contributed by atoms with van der Waals surface area (Å²) in [7, 11) is -2.06. The minimum absolute atomic E-state index is 0.0816. The molecule has 10 heteroatoms. The lowest BCUT2D eigenvalue weighted by Gasteiger charge is -2.26. The van der Waals surface area contributed by atoms with E-state index in [1.54, 1.807) is 11.9 Å². The van der Waals surface area contributed by atoms with Crippen molar-refractivity contribution >= 4 is 37.3 Å². The molecule has 0 radical (unpaired) electrons. The molecule has 0 saturated carbocycles. The average molecular weight is 470 g/mol. The zero-order valence-electron chi connectivity index (χ0n) is 15.2. The molecule has 1 fully saturated rings. The fraction of sp³-hybridized carbons (Fsp3) is 0.333. The van der Waals surface area contributed by atoms with Crippen LogP contribution in [0.5, 0.6) is 0 Å². The molecule has 28 heavy (non-hydrogen) atoms. The second-order valence-electron chi connectivity index (χ2n) is 6.41. The van der Waals surface area contributed by atoms with Gasteiger partial charge in [0.1, 0.15) is 5.69 Å². The van der Waals surface area contributed by atoms with E-state index in [0.29, 0.717) is 25.4 Å². The molecule has 0 spiro atoms. The molecule has 0 bridgehead atoms. The van der Waals surface area contributed by atoms with Crippen molar-refractivity contribution < 1.29 is 18.1 Å². The molecule has 2 aromatic carbocycles. The molecule has 0 N–H and O–H groups in total. The lowest BCUT2D eigenvalue weighted by molar-refractivity contribution is -0.384. The maximum absolute atomic E-state index is 12.8. The summed E-state index contributed by atoms with van der Waals surface area (Å²) in [5.74, 6) is 0. The number of benzene rings is 2. The van der Waals surface area contributed by atoms with Crippen molar-refractivity contribution in [2.45, 2.75) is 11.4 Å². The molecular formula is C18H20BrN3O5S. The molecule has 3 rings (SSSR count). The predicted octanol–water partition coefficient (Wildman–Crippen LogP) is 3.01. The lowest BCUT2D eigenvalue weighted by atomic mass is 10.2. The van der Waals surface area contributed by atoms with Gasteiger partial charge in [0.25, 0.3) is 5.69 Å². The Bertz CT molecular complexity index is 960. The van der Waals surface area contributed by atoms with Crippen molar-refractivity contribution in [1.29, 1.82) is 0 Å². The Labute approximate surface area is 172 Å². The largest absolute Gasteiger partial charge is 0.379 e. The maximum Gasteiger partial charge on any atom is 0.293 e. The van der Waals surface area contributed by atoms with Gasteiger partial charge in [-0.25, -0.2) is 8.42 Å². The molecule has 8 nitrogen and oxygen atoms in total. The van der Waals surface area contributed by atoms with E-state index in [0.717, 1.165) is 16.1 Å². The number of halogens is 1. The fourth-order valence-electron chi connectivity index (χ4n) is 3.02. The van der Waals surface area contributed by atoms with Gasteiger partial charge in [-0.15, -0.1) is 0 Å². The zero-order chi connectivity index (χ0) is 20.3. The number of hydrogen-bond acceptors (Lipinski definition) is 6. The molecular weight excluding hydrogens is 450 g/mol. The quantitative estimate of drug-likeness (QED) is 0.476. The van der Waals surface area contributed by atoms with Gasteiger partial charge in [0.2, 0.25) is 10.0 Å². The van der Waals surface area contributed by atoms with Crippen molar-refractivity contribution in [3.8, 4) is 0 Å². The van der Waals surface area contributed by atoms with E-state index in [9.17, 15) is 18.5 Å². The Kier molecular flexibility index (Phi) is 6.33. The van der Waals surface area contributed by atoms with E-state index in [1.165, 1.54) is 16.4 Å². The number of anilines is 1. The Morgan fingerprint density at radius 1 is 1.18 bits per heavy atom. The SMILES string of the molecule is CN(Cc1ccc(Br)cc1)c1ccc(S(=O)(=O)N2CCOCC2)cc1[N+](=O)[O-]. The Morgan fingerprint density at radius 2 is 1.82 bits per heavy atom. The van der Waals surface area contributed by atoms with Crippen LogP contribution in [-0.4, -0.2) is 51.0 Å². The third-order valence-electron chi connectivity index (χ3n) is 4.50. The minimum atomic E-state index is -3.80. The number of sulfonamides is 1. The summed E-state index contributed by atoms with van der Waals surface area (Å²) < 4.78 is 33.0. The van der Waals surface area contributed by atoms with Crippen molar-refractivity contribution in [2.75, 3.05) is 38.3 Å². The number of rotatable bonds is 6. The Hall–Kier alpha value is -2.01. The number of nitrogens with zero attached hydrogens (tertiary/aromatic N) is 3. The summed E-state index contributed by atoms with van der Waals surface area (Å²) in [6.45, 7) is 1.55. The van der Waals surface area contributed by atoms with Gasteiger partial charge in [-0.1, -0.05) is 28.1 Å². The van der Waals surface area contributed by atoms with Crippen molar-refractivity contribution in [3.05, 3.63) is 62.6 Å². The summed E-state index contributed by atoms with van der Waals surface area (Å²) in [4.78, 5) is 12.7. The van der Waals surface area contributed by atoms with Crippen LogP contribution in [0.3, 0.4) is 0 Å². The molecule has 1 heterocycles. The molecule has 0 amide bonds. The number of nitro benzene ring substituents is 1. The lowest BCUT2D eigenvalue weighted by Crippen LogP contribution is -2.40. The van der Waals surface area contributed by atoms with E-state index >= 15 is 0 Å². The van der Waals surface area contributed by atoms with E-state index in [4.69, 9.17) is 4.74 Å². The Morgan fingerprint density at radius 3 is 2.43 bits per heavy atom. The normalized spacial score (nSPS) is 15.4. The highest BCUT2D eigenvalue weighted by Gasteiger charge is 2.29. The summed E-state index contributed by atoms with van der Waals surface area (Å²) in [6.07, 6.45) is 0. The van der Waals surface area contributed by atoms with Gasteiger partial charge in [-0.05, 0) is 29.8 Å². The van der Waals surface area contributed by atoms with Crippen LogP contribution in [0, 0.1) is 10.1 Å². The average Bonchev–Trinajstić information content (AvgIpc) is 2.69. The topological polar surface area (TPSA) is 93.0 Å². The first-order valence-corrected chi connectivity index (χ1v) is 10.8. The van der Waals surface area contributed by atoms with Crippen LogP contribution in [-0.2, 0) is 21.3 Å². The molecule has 1 aliphatic rings. The summed E-state index contributed by atoms with van der Waals surface area (Å²) in [5.41, 5.74) is 1.09. The third-order valence-corrected chi connectivity index (χ3v) is 6.92. The van der Waals surface area contributed by atoms with Crippen LogP contribution < -0.4 is 4.90 Å². The highest BCUT2D eigenvalue weighted by molar-refractivity contribution is 9.10. The predicted molar refractivity (Wildman–Crippen MR) is 109 cm³/mol. The molecule has 1 aliphatic heterocycles. The van der Waals surface area contributed by atoms with Gasteiger partial charge in [0.05, 0.1) is 23.0 Å². The first kappa shape index (κ1) is 20.7. The number of hydrogen-bond donors (Lipinski definition) is 0. The first-order chi connectivity index (χ1) is 13.3. The van der Waals surface area contributed by atoms with Gasteiger partial charge in [-0.2, -0.15) is 4.31 Å². The van der Waals surface area contributed by atoms with Crippen molar-refractivity contribution in [1.82, 2.24) is 4.31 Å². The van der Waals surface area contributed by atoms with Gasteiger partial charge < -0.3 is 9.64 Å². The highest BCUT2D eigenvalue weighted by atomic mass is 79.9. The van der Waals surface area contributed by atoms with E-state index < -0.39 is 14.9 Å². The summed E-state index contributed by atoms with van der Waals surface area (Å²) >= 11 is 3.37. The fourth-order valence-corrected chi connectivity index (χ4v) is 4.71. The van der Waals surface area contributed by atoms with Gasteiger partial charge >= 0.3 is 0 Å². The number of nitro groups is 1. The van der Waals surface area contributed by atoms with Gasteiger partial charge in [0.15, 0.2) is 0 Å². The number of morpholine rings is 1. The standard InChI is InChI=1S/C18H20BrN3O5S/c1-20(13-14-2-4-15(19)5-3-14)17-7-6-16(12-18(17)22(23)24)28(25,26)21-8-10-27-11-9-21/h2-7,12H,8-11,13H2,1H3. The maximum atomic E-state index is 12.8.